The summed E-state index contributed by atoms with van der Waals surface area (Å²) in [6.45, 7) is 1.88. The molecule has 0 radical (unpaired) electrons. The van der Waals surface area contributed by atoms with Crippen LogP contribution in [0.5, 0.6) is 5.75 Å². The average molecular weight is 621 g/mol. The second-order valence-corrected chi connectivity index (χ2v) is 9.40. The lowest BCUT2D eigenvalue weighted by molar-refractivity contribution is -0.124. The van der Waals surface area contributed by atoms with Crippen molar-refractivity contribution >= 4 is 65.5 Å². The number of allylic oxidation sites excluding steroid dienone is 1. The fraction of sp³-hybridized carbons (Fsp3) is 0.238. The molecule has 0 fully saturated rings. The molecule has 0 aliphatic heterocycles. The summed E-state index contributed by atoms with van der Waals surface area (Å²) in [5.74, 6) is -0.848. The van der Waals surface area contributed by atoms with E-state index >= 15 is 0 Å². The minimum absolute atomic E-state index is 0.0216. The SMILES string of the molecule is C[C@@H](CC/C=C/C(=O)NO)[C@@H](OC(=O)Nc1ccc(Br)cc1)c1cc(Br)cc(Br)c1O. The molecular weight excluding hydrogens is 600 g/mol. The number of hydrogen-bond donors (Lipinski definition) is 4. The number of benzene rings is 2. The van der Waals surface area contributed by atoms with Crippen LogP contribution in [-0.4, -0.2) is 22.3 Å². The van der Waals surface area contributed by atoms with Gasteiger partial charge in [-0.15, -0.1) is 0 Å². The number of nitrogens with one attached hydrogen (secondary N) is 2. The van der Waals surface area contributed by atoms with Gasteiger partial charge in [-0.05, 0) is 71.1 Å². The lowest BCUT2D eigenvalue weighted by atomic mass is 9.92. The summed E-state index contributed by atoms with van der Waals surface area (Å²) in [6, 6.07) is 10.4. The fourth-order valence-electron chi connectivity index (χ4n) is 2.82. The van der Waals surface area contributed by atoms with E-state index in [1.165, 1.54) is 11.6 Å². The van der Waals surface area contributed by atoms with Crippen LogP contribution < -0.4 is 10.8 Å². The molecule has 2 atom stereocenters. The van der Waals surface area contributed by atoms with Crippen molar-refractivity contribution in [3.05, 3.63) is 67.5 Å². The first kappa shape index (κ1) is 25.4. The van der Waals surface area contributed by atoms with Crippen LogP contribution in [-0.2, 0) is 9.53 Å². The van der Waals surface area contributed by atoms with Gasteiger partial charge in [0.1, 0.15) is 11.9 Å². The molecule has 0 saturated heterocycles. The van der Waals surface area contributed by atoms with Gasteiger partial charge in [0.25, 0.3) is 5.91 Å². The first-order valence-electron chi connectivity index (χ1n) is 9.23. The number of phenolic OH excluding ortho intramolecular Hbond substituents is 1. The van der Waals surface area contributed by atoms with Gasteiger partial charge in [0.2, 0.25) is 0 Å². The van der Waals surface area contributed by atoms with Gasteiger partial charge in [-0.1, -0.05) is 44.9 Å². The van der Waals surface area contributed by atoms with Gasteiger partial charge in [-0.3, -0.25) is 15.3 Å². The van der Waals surface area contributed by atoms with Crippen molar-refractivity contribution in [1.82, 2.24) is 5.48 Å². The van der Waals surface area contributed by atoms with Crippen molar-refractivity contribution in [2.24, 2.45) is 5.92 Å². The number of amides is 2. The molecule has 31 heavy (non-hydrogen) atoms. The van der Waals surface area contributed by atoms with Gasteiger partial charge >= 0.3 is 6.09 Å². The molecule has 2 amide bonds. The molecule has 0 spiro atoms. The van der Waals surface area contributed by atoms with E-state index in [1.54, 1.807) is 42.5 Å². The smallest absolute Gasteiger partial charge is 0.412 e. The molecule has 0 aromatic heterocycles. The van der Waals surface area contributed by atoms with Crippen LogP contribution in [0.15, 0.2) is 62.0 Å². The van der Waals surface area contributed by atoms with E-state index in [2.05, 4.69) is 53.1 Å². The Morgan fingerprint density at radius 2 is 1.81 bits per heavy atom. The van der Waals surface area contributed by atoms with Crippen molar-refractivity contribution in [3.8, 4) is 5.75 Å². The van der Waals surface area contributed by atoms with Crippen molar-refractivity contribution in [1.29, 1.82) is 0 Å². The van der Waals surface area contributed by atoms with Gasteiger partial charge < -0.3 is 9.84 Å². The highest BCUT2D eigenvalue weighted by atomic mass is 79.9. The van der Waals surface area contributed by atoms with E-state index in [0.717, 1.165) is 4.47 Å². The molecule has 2 rings (SSSR count). The van der Waals surface area contributed by atoms with Crippen LogP contribution in [0.25, 0.3) is 0 Å². The van der Waals surface area contributed by atoms with E-state index in [9.17, 15) is 14.7 Å². The van der Waals surface area contributed by atoms with Crippen molar-refractivity contribution in [2.45, 2.75) is 25.9 Å². The number of hydroxylamine groups is 1. The van der Waals surface area contributed by atoms with Gasteiger partial charge in [0, 0.05) is 26.3 Å². The Labute approximate surface area is 205 Å². The topological polar surface area (TPSA) is 108 Å². The molecule has 0 bridgehead atoms. The van der Waals surface area contributed by atoms with E-state index in [0.29, 0.717) is 33.0 Å². The number of aromatic hydroxyl groups is 1. The number of halogens is 3. The van der Waals surface area contributed by atoms with Crippen LogP contribution in [0.1, 0.15) is 31.4 Å². The molecule has 0 aliphatic rings. The van der Waals surface area contributed by atoms with E-state index < -0.39 is 18.1 Å². The summed E-state index contributed by atoms with van der Waals surface area (Å²) in [4.78, 5) is 23.7. The number of carbonyl (C=O) groups excluding carboxylic acids is 2. The summed E-state index contributed by atoms with van der Waals surface area (Å²) >= 11 is 10.0. The number of hydrogen-bond acceptors (Lipinski definition) is 5. The number of phenols is 1. The summed E-state index contributed by atoms with van der Waals surface area (Å²) in [7, 11) is 0. The van der Waals surface area contributed by atoms with Crippen LogP contribution in [0.2, 0.25) is 0 Å². The molecular formula is C21H21Br3N2O5. The molecule has 7 nitrogen and oxygen atoms in total. The van der Waals surface area contributed by atoms with E-state index in [4.69, 9.17) is 9.94 Å². The summed E-state index contributed by atoms with van der Waals surface area (Å²) in [5.41, 5.74) is 2.53. The zero-order chi connectivity index (χ0) is 23.0. The molecule has 4 N–H and O–H groups in total. The van der Waals surface area contributed by atoms with Crippen LogP contribution in [0.3, 0.4) is 0 Å². The predicted molar refractivity (Wildman–Crippen MR) is 128 cm³/mol. The maximum Gasteiger partial charge on any atom is 0.412 e. The number of ether oxygens (including phenoxy) is 1. The largest absolute Gasteiger partial charge is 0.506 e. The second-order valence-electron chi connectivity index (χ2n) is 6.72. The highest BCUT2D eigenvalue weighted by molar-refractivity contribution is 9.11. The standard InChI is InChI=1S/C21H21Br3N2O5/c1-12(4-2-3-5-18(27)26-30)20(16-10-14(23)11-17(24)19(16)28)31-21(29)25-15-8-6-13(22)7-9-15/h3,5-12,20,28,30H,2,4H2,1H3,(H,25,29)(H,26,27)/b5-3+/t12-,20+/m0/s1. The molecule has 0 saturated carbocycles. The third-order valence-electron chi connectivity index (χ3n) is 4.37. The third kappa shape index (κ3) is 7.95. The fourth-order valence-corrected chi connectivity index (χ4v) is 4.35. The summed E-state index contributed by atoms with van der Waals surface area (Å²) < 4.78 is 7.77. The zero-order valence-corrected chi connectivity index (χ0v) is 21.2. The Bertz CT molecular complexity index is 951. The normalized spacial score (nSPS) is 12.9. The Morgan fingerprint density at radius 3 is 2.45 bits per heavy atom. The van der Waals surface area contributed by atoms with Gasteiger partial charge in [0.15, 0.2) is 0 Å². The predicted octanol–water partition coefficient (Wildman–Crippen LogP) is 6.45. The highest BCUT2D eigenvalue weighted by Crippen LogP contribution is 2.40. The molecule has 0 heterocycles. The maximum absolute atomic E-state index is 12.6. The minimum Gasteiger partial charge on any atom is -0.506 e. The number of carbonyl (C=O) groups is 2. The summed E-state index contributed by atoms with van der Waals surface area (Å²) in [5, 5.41) is 21.8. The lowest BCUT2D eigenvalue weighted by Crippen LogP contribution is -2.22. The quantitative estimate of drug-likeness (QED) is 0.154. The van der Waals surface area contributed by atoms with Crippen molar-refractivity contribution in [3.63, 3.8) is 0 Å². The Balaban J connectivity index is 2.21. The number of rotatable bonds is 8. The molecule has 0 unspecified atom stereocenters. The molecule has 0 aliphatic carbocycles. The Morgan fingerprint density at radius 1 is 1.13 bits per heavy atom. The van der Waals surface area contributed by atoms with Crippen LogP contribution in [0, 0.1) is 5.92 Å². The van der Waals surface area contributed by atoms with Crippen molar-refractivity contribution < 1.29 is 24.6 Å². The molecule has 166 valence electrons. The molecule has 10 heteroatoms. The third-order valence-corrected chi connectivity index (χ3v) is 5.96. The second kappa shape index (κ2) is 12.2. The van der Waals surface area contributed by atoms with E-state index in [1.807, 2.05) is 6.92 Å². The minimum atomic E-state index is -0.760. The maximum atomic E-state index is 12.6. The van der Waals surface area contributed by atoms with Crippen LogP contribution >= 0.6 is 47.8 Å². The van der Waals surface area contributed by atoms with Crippen molar-refractivity contribution in [2.75, 3.05) is 5.32 Å². The summed E-state index contributed by atoms with van der Waals surface area (Å²) in [6.07, 6.45) is 2.45. The Kier molecular flexibility index (Phi) is 10.0. The monoisotopic (exact) mass is 618 g/mol. The van der Waals surface area contributed by atoms with Gasteiger partial charge in [-0.25, -0.2) is 10.3 Å². The lowest BCUT2D eigenvalue weighted by Gasteiger charge is -2.26. The van der Waals surface area contributed by atoms with Crippen LogP contribution in [0.4, 0.5) is 10.5 Å². The first-order chi connectivity index (χ1) is 14.7. The van der Waals surface area contributed by atoms with Gasteiger partial charge in [0.05, 0.1) is 4.47 Å². The van der Waals surface area contributed by atoms with Gasteiger partial charge in [-0.2, -0.15) is 0 Å². The first-order valence-corrected chi connectivity index (χ1v) is 11.6. The Hall–Kier alpha value is -1.88. The molecule has 2 aromatic rings. The number of anilines is 1. The molecule has 2 aromatic carbocycles. The van der Waals surface area contributed by atoms with E-state index in [-0.39, 0.29) is 11.7 Å². The highest BCUT2D eigenvalue weighted by Gasteiger charge is 2.27. The zero-order valence-electron chi connectivity index (χ0n) is 16.4. The average Bonchev–Trinajstić information content (AvgIpc) is 2.73.